The van der Waals surface area contributed by atoms with Crippen LogP contribution in [-0.4, -0.2) is 49.3 Å². The highest BCUT2D eigenvalue weighted by Crippen LogP contribution is 2.10. The molecule has 0 aliphatic carbocycles. The van der Waals surface area contributed by atoms with Crippen LogP contribution in [0.1, 0.15) is 40.5 Å². The van der Waals surface area contributed by atoms with Crippen LogP contribution in [0.4, 0.5) is 0 Å². The van der Waals surface area contributed by atoms with Gasteiger partial charge in [-0.3, -0.25) is 4.90 Å². The van der Waals surface area contributed by atoms with Crippen molar-refractivity contribution in [3.63, 3.8) is 0 Å². The molecule has 3 heteroatoms. The van der Waals surface area contributed by atoms with Crippen molar-refractivity contribution in [1.82, 2.24) is 10.2 Å². The van der Waals surface area contributed by atoms with Crippen LogP contribution in [0.2, 0.25) is 0 Å². The predicted octanol–water partition coefficient (Wildman–Crippen LogP) is 1.88. The lowest BCUT2D eigenvalue weighted by Gasteiger charge is -2.32. The zero-order chi connectivity index (χ0) is 12.0. The number of likely N-dealkylation sites (N-methyl/N-ethyl adjacent to an activating group) is 1. The summed E-state index contributed by atoms with van der Waals surface area (Å²) in [6.07, 6.45) is 2.84. The molecule has 1 saturated heterocycles. The van der Waals surface area contributed by atoms with Gasteiger partial charge in [-0.2, -0.15) is 0 Å². The first kappa shape index (κ1) is 13.9. The van der Waals surface area contributed by atoms with Crippen molar-refractivity contribution in [3.05, 3.63) is 0 Å². The standard InChI is InChI=1S/C13H28N2O/c1-5-15-9-10-16-12(11-15)7-6-8-14-13(2,3)4/h12,14H,5-11H2,1-4H3/t12-/m1/s1. The number of hydrogen-bond donors (Lipinski definition) is 1. The highest BCUT2D eigenvalue weighted by molar-refractivity contribution is 4.73. The molecule has 1 fully saturated rings. The van der Waals surface area contributed by atoms with Crippen molar-refractivity contribution in [2.24, 2.45) is 0 Å². The quantitative estimate of drug-likeness (QED) is 0.727. The Hall–Kier alpha value is -0.120. The minimum atomic E-state index is 0.239. The first-order chi connectivity index (χ1) is 7.51. The summed E-state index contributed by atoms with van der Waals surface area (Å²) in [5.74, 6) is 0. The molecule has 0 radical (unpaired) electrons. The van der Waals surface area contributed by atoms with Crippen molar-refractivity contribution in [2.45, 2.75) is 52.2 Å². The summed E-state index contributed by atoms with van der Waals surface area (Å²) in [5, 5.41) is 3.52. The molecule has 16 heavy (non-hydrogen) atoms. The van der Waals surface area contributed by atoms with E-state index in [1.165, 1.54) is 12.8 Å². The monoisotopic (exact) mass is 228 g/mol. The first-order valence-electron chi connectivity index (χ1n) is 6.60. The van der Waals surface area contributed by atoms with Crippen LogP contribution < -0.4 is 5.32 Å². The molecule has 0 spiro atoms. The fourth-order valence-electron chi connectivity index (χ4n) is 2.04. The van der Waals surface area contributed by atoms with Gasteiger partial charge in [0.1, 0.15) is 0 Å². The number of ether oxygens (including phenoxy) is 1. The average molecular weight is 228 g/mol. The van der Waals surface area contributed by atoms with Gasteiger partial charge in [0.25, 0.3) is 0 Å². The Balaban J connectivity index is 2.08. The molecule has 96 valence electrons. The van der Waals surface area contributed by atoms with E-state index in [0.29, 0.717) is 6.10 Å². The van der Waals surface area contributed by atoms with Gasteiger partial charge < -0.3 is 10.1 Å². The van der Waals surface area contributed by atoms with E-state index < -0.39 is 0 Å². The predicted molar refractivity (Wildman–Crippen MR) is 68.8 cm³/mol. The van der Waals surface area contributed by atoms with Crippen LogP contribution in [0.15, 0.2) is 0 Å². The summed E-state index contributed by atoms with van der Waals surface area (Å²) in [5.41, 5.74) is 0.239. The lowest BCUT2D eigenvalue weighted by molar-refractivity contribution is -0.0310. The SMILES string of the molecule is CCN1CCO[C@H](CCCNC(C)(C)C)C1. The molecule has 1 rings (SSSR count). The van der Waals surface area contributed by atoms with Crippen LogP contribution in [0, 0.1) is 0 Å². The fraction of sp³-hybridized carbons (Fsp3) is 1.00. The Morgan fingerprint density at radius 2 is 2.12 bits per heavy atom. The van der Waals surface area contributed by atoms with Gasteiger partial charge in [-0.25, -0.2) is 0 Å². The Bertz CT molecular complexity index is 189. The molecular weight excluding hydrogens is 200 g/mol. The normalized spacial score (nSPS) is 23.6. The van der Waals surface area contributed by atoms with E-state index in [1.54, 1.807) is 0 Å². The molecule has 1 heterocycles. The van der Waals surface area contributed by atoms with E-state index >= 15 is 0 Å². The molecule has 1 aliphatic rings. The van der Waals surface area contributed by atoms with E-state index in [2.05, 4.69) is 37.9 Å². The molecule has 1 aliphatic heterocycles. The second-order valence-electron chi connectivity index (χ2n) is 5.71. The Morgan fingerprint density at radius 1 is 1.38 bits per heavy atom. The third-order valence-corrected chi connectivity index (χ3v) is 3.03. The second kappa shape index (κ2) is 6.58. The summed E-state index contributed by atoms with van der Waals surface area (Å²) in [6, 6.07) is 0. The van der Waals surface area contributed by atoms with E-state index in [-0.39, 0.29) is 5.54 Å². The van der Waals surface area contributed by atoms with E-state index in [4.69, 9.17) is 4.74 Å². The largest absolute Gasteiger partial charge is 0.376 e. The zero-order valence-electron chi connectivity index (χ0n) is 11.4. The third-order valence-electron chi connectivity index (χ3n) is 3.03. The van der Waals surface area contributed by atoms with Gasteiger partial charge in [0.15, 0.2) is 0 Å². The molecule has 0 aromatic heterocycles. The topological polar surface area (TPSA) is 24.5 Å². The molecule has 0 aromatic carbocycles. The number of hydrogen-bond acceptors (Lipinski definition) is 3. The van der Waals surface area contributed by atoms with Gasteiger partial charge in [0.2, 0.25) is 0 Å². The van der Waals surface area contributed by atoms with Crippen LogP contribution in [0.5, 0.6) is 0 Å². The Morgan fingerprint density at radius 3 is 2.75 bits per heavy atom. The van der Waals surface area contributed by atoms with Crippen LogP contribution in [-0.2, 0) is 4.74 Å². The minimum Gasteiger partial charge on any atom is -0.376 e. The van der Waals surface area contributed by atoms with Crippen LogP contribution in [0.3, 0.4) is 0 Å². The van der Waals surface area contributed by atoms with Gasteiger partial charge in [0, 0.05) is 18.6 Å². The molecule has 0 amide bonds. The number of morpholine rings is 1. The highest BCUT2D eigenvalue weighted by Gasteiger charge is 2.18. The van der Waals surface area contributed by atoms with E-state index in [9.17, 15) is 0 Å². The van der Waals surface area contributed by atoms with Crippen molar-refractivity contribution < 1.29 is 4.74 Å². The van der Waals surface area contributed by atoms with Crippen molar-refractivity contribution in [1.29, 1.82) is 0 Å². The first-order valence-corrected chi connectivity index (χ1v) is 6.60. The summed E-state index contributed by atoms with van der Waals surface area (Å²) in [7, 11) is 0. The summed E-state index contributed by atoms with van der Waals surface area (Å²) < 4.78 is 5.77. The fourth-order valence-corrected chi connectivity index (χ4v) is 2.04. The van der Waals surface area contributed by atoms with E-state index in [0.717, 1.165) is 32.8 Å². The van der Waals surface area contributed by atoms with Gasteiger partial charge in [0.05, 0.1) is 12.7 Å². The molecule has 0 saturated carbocycles. The van der Waals surface area contributed by atoms with Gasteiger partial charge in [-0.15, -0.1) is 0 Å². The van der Waals surface area contributed by atoms with E-state index in [1.807, 2.05) is 0 Å². The maximum atomic E-state index is 5.77. The molecule has 1 atom stereocenters. The average Bonchev–Trinajstić information content (AvgIpc) is 2.23. The Kier molecular flexibility index (Phi) is 5.73. The number of nitrogens with one attached hydrogen (secondary N) is 1. The van der Waals surface area contributed by atoms with Crippen LogP contribution >= 0.6 is 0 Å². The maximum Gasteiger partial charge on any atom is 0.0703 e. The smallest absolute Gasteiger partial charge is 0.0703 e. The Labute approximate surface area is 101 Å². The minimum absolute atomic E-state index is 0.239. The summed E-state index contributed by atoms with van der Waals surface area (Å²) in [4.78, 5) is 2.48. The van der Waals surface area contributed by atoms with Gasteiger partial charge in [-0.1, -0.05) is 6.92 Å². The van der Waals surface area contributed by atoms with Crippen LogP contribution in [0.25, 0.3) is 0 Å². The summed E-state index contributed by atoms with van der Waals surface area (Å²) in [6.45, 7) is 14.2. The molecule has 0 bridgehead atoms. The number of rotatable bonds is 5. The van der Waals surface area contributed by atoms with Gasteiger partial charge >= 0.3 is 0 Å². The lowest BCUT2D eigenvalue weighted by Crippen LogP contribution is -2.42. The second-order valence-corrected chi connectivity index (χ2v) is 5.71. The third kappa shape index (κ3) is 5.83. The van der Waals surface area contributed by atoms with Crippen molar-refractivity contribution >= 4 is 0 Å². The zero-order valence-corrected chi connectivity index (χ0v) is 11.4. The lowest BCUT2D eigenvalue weighted by atomic mass is 10.1. The molecule has 0 unspecified atom stereocenters. The molecule has 3 nitrogen and oxygen atoms in total. The number of nitrogens with zero attached hydrogens (tertiary/aromatic N) is 1. The highest BCUT2D eigenvalue weighted by atomic mass is 16.5. The van der Waals surface area contributed by atoms with Gasteiger partial charge in [-0.05, 0) is 46.7 Å². The molecule has 1 N–H and O–H groups in total. The molecular formula is C13H28N2O. The van der Waals surface area contributed by atoms with Crippen molar-refractivity contribution in [3.8, 4) is 0 Å². The van der Waals surface area contributed by atoms with Crippen molar-refractivity contribution in [2.75, 3.05) is 32.8 Å². The maximum absolute atomic E-state index is 5.77. The molecule has 0 aromatic rings. The summed E-state index contributed by atoms with van der Waals surface area (Å²) >= 11 is 0.